The van der Waals surface area contributed by atoms with Crippen molar-refractivity contribution in [3.8, 4) is 17.3 Å². The molecule has 0 bridgehead atoms. The number of anilines is 1. The number of nitrogens with zero attached hydrogens (tertiary/aromatic N) is 2. The van der Waals surface area contributed by atoms with E-state index in [1.165, 1.54) is 0 Å². The summed E-state index contributed by atoms with van der Waals surface area (Å²) >= 11 is 0. The van der Waals surface area contributed by atoms with Crippen LogP contribution in [0.3, 0.4) is 0 Å². The molecule has 0 saturated carbocycles. The molecule has 2 aromatic heterocycles. The summed E-state index contributed by atoms with van der Waals surface area (Å²) < 4.78 is 0. The van der Waals surface area contributed by atoms with Gasteiger partial charge in [0.15, 0.2) is 0 Å². The molecule has 18 heavy (non-hydrogen) atoms. The van der Waals surface area contributed by atoms with Crippen LogP contribution in [0.15, 0.2) is 42.6 Å². The lowest BCUT2D eigenvalue weighted by Gasteiger charge is -2.03. The molecule has 0 aliphatic carbocycles. The zero-order valence-corrected chi connectivity index (χ0v) is 9.51. The molecule has 4 nitrogen and oxygen atoms in total. The molecule has 0 spiro atoms. The van der Waals surface area contributed by atoms with Crippen molar-refractivity contribution in [2.45, 2.75) is 0 Å². The van der Waals surface area contributed by atoms with Crippen molar-refractivity contribution in [2.75, 3.05) is 5.73 Å². The molecule has 0 saturated heterocycles. The minimum atomic E-state index is 0.268. The average Bonchev–Trinajstić information content (AvgIpc) is 2.85. The Kier molecular flexibility index (Phi) is 2.24. The molecule has 0 atom stereocenters. The Balaban J connectivity index is 2.14. The number of fused-ring (bicyclic) bond motifs is 1. The van der Waals surface area contributed by atoms with E-state index in [9.17, 15) is 0 Å². The molecule has 2 heterocycles. The fourth-order valence-corrected chi connectivity index (χ4v) is 1.94. The Morgan fingerprint density at radius 2 is 2.06 bits per heavy atom. The second kappa shape index (κ2) is 3.90. The molecule has 0 aliphatic rings. The van der Waals surface area contributed by atoms with Crippen molar-refractivity contribution in [3.05, 3.63) is 48.2 Å². The van der Waals surface area contributed by atoms with Gasteiger partial charge < -0.3 is 10.7 Å². The van der Waals surface area contributed by atoms with Gasteiger partial charge in [0.1, 0.15) is 11.9 Å². The molecule has 3 N–H and O–H groups in total. The number of nitrogen functional groups attached to an aromatic ring is 1. The molecule has 86 valence electrons. The van der Waals surface area contributed by atoms with Gasteiger partial charge in [0.2, 0.25) is 0 Å². The van der Waals surface area contributed by atoms with Crippen molar-refractivity contribution in [1.29, 1.82) is 5.26 Å². The van der Waals surface area contributed by atoms with E-state index in [1.54, 1.807) is 6.07 Å². The highest BCUT2D eigenvalue weighted by Gasteiger charge is 2.05. The van der Waals surface area contributed by atoms with Crippen LogP contribution in [-0.2, 0) is 0 Å². The molecule has 0 amide bonds. The zero-order chi connectivity index (χ0) is 12.5. The molecule has 4 heteroatoms. The van der Waals surface area contributed by atoms with Crippen molar-refractivity contribution >= 4 is 16.7 Å². The number of H-pyrrole nitrogens is 1. The third-order valence-corrected chi connectivity index (χ3v) is 2.89. The van der Waals surface area contributed by atoms with E-state index in [-0.39, 0.29) is 5.82 Å². The summed E-state index contributed by atoms with van der Waals surface area (Å²) in [5.41, 5.74) is 8.97. The number of pyridine rings is 1. The highest BCUT2D eigenvalue weighted by molar-refractivity contribution is 5.84. The molecule has 0 unspecified atom stereocenters. The number of hydrogen-bond acceptors (Lipinski definition) is 3. The maximum absolute atomic E-state index is 8.82. The molecule has 1 aromatic carbocycles. The van der Waals surface area contributed by atoms with Crippen LogP contribution in [0, 0.1) is 11.3 Å². The van der Waals surface area contributed by atoms with E-state index in [4.69, 9.17) is 11.0 Å². The number of aromatic amines is 1. The summed E-state index contributed by atoms with van der Waals surface area (Å²) in [6, 6.07) is 13.5. The summed E-state index contributed by atoms with van der Waals surface area (Å²) in [7, 11) is 0. The third-order valence-electron chi connectivity index (χ3n) is 2.89. The van der Waals surface area contributed by atoms with Gasteiger partial charge in [-0.3, -0.25) is 0 Å². The van der Waals surface area contributed by atoms with Crippen LogP contribution in [0.5, 0.6) is 0 Å². The predicted molar refractivity (Wildman–Crippen MR) is 70.7 cm³/mol. The molecule has 0 radical (unpaired) electrons. The van der Waals surface area contributed by atoms with Crippen LogP contribution >= 0.6 is 0 Å². The Hall–Kier alpha value is -2.80. The summed E-state index contributed by atoms with van der Waals surface area (Å²) in [5, 5.41) is 9.94. The Morgan fingerprint density at radius 3 is 2.83 bits per heavy atom. The van der Waals surface area contributed by atoms with Gasteiger partial charge in [0.25, 0.3) is 0 Å². The summed E-state index contributed by atoms with van der Waals surface area (Å²) in [4.78, 5) is 7.39. The fourth-order valence-electron chi connectivity index (χ4n) is 1.94. The standard InChI is InChI=1S/C14H10N4/c15-8-11-2-4-13(18-14(11)16)9-1-3-12-10(7-9)5-6-17-12/h1-7,17H,(H2,16,18). The highest BCUT2D eigenvalue weighted by atomic mass is 14.8. The SMILES string of the molecule is N#Cc1ccc(-c2ccc3[nH]ccc3c2)nc1N. The monoisotopic (exact) mass is 234 g/mol. The second-order valence-electron chi connectivity index (χ2n) is 4.02. The van der Waals surface area contributed by atoms with Crippen LogP contribution < -0.4 is 5.73 Å². The third kappa shape index (κ3) is 1.59. The molecule has 0 aliphatic heterocycles. The smallest absolute Gasteiger partial charge is 0.142 e. The van der Waals surface area contributed by atoms with Gasteiger partial charge in [-0.1, -0.05) is 6.07 Å². The summed E-state index contributed by atoms with van der Waals surface area (Å²) in [6.45, 7) is 0. The first-order valence-electron chi connectivity index (χ1n) is 5.52. The first-order chi connectivity index (χ1) is 8.78. The first kappa shape index (κ1) is 10.4. The van der Waals surface area contributed by atoms with E-state index >= 15 is 0 Å². The molecule has 0 fully saturated rings. The molecular formula is C14H10N4. The number of nitrogens with two attached hydrogens (primary N) is 1. The van der Waals surface area contributed by atoms with Crippen LogP contribution in [-0.4, -0.2) is 9.97 Å². The van der Waals surface area contributed by atoms with E-state index < -0.39 is 0 Å². The quantitative estimate of drug-likeness (QED) is 0.679. The Bertz CT molecular complexity index is 765. The van der Waals surface area contributed by atoms with Crippen molar-refractivity contribution in [2.24, 2.45) is 0 Å². The topological polar surface area (TPSA) is 78.5 Å². The van der Waals surface area contributed by atoms with Gasteiger partial charge in [-0.2, -0.15) is 5.26 Å². The van der Waals surface area contributed by atoms with Gasteiger partial charge in [0.05, 0.1) is 11.3 Å². The maximum atomic E-state index is 8.82. The number of nitrogens with one attached hydrogen (secondary N) is 1. The predicted octanol–water partition coefficient (Wildman–Crippen LogP) is 2.68. The van der Waals surface area contributed by atoms with E-state index in [0.29, 0.717) is 5.56 Å². The average molecular weight is 234 g/mol. The number of aromatic nitrogens is 2. The van der Waals surface area contributed by atoms with Crippen LogP contribution in [0.25, 0.3) is 22.2 Å². The minimum absolute atomic E-state index is 0.268. The number of nitriles is 1. The second-order valence-corrected chi connectivity index (χ2v) is 4.02. The summed E-state index contributed by atoms with van der Waals surface area (Å²) in [6.07, 6.45) is 1.90. The molecular weight excluding hydrogens is 224 g/mol. The fraction of sp³-hybridized carbons (Fsp3) is 0. The van der Waals surface area contributed by atoms with Gasteiger partial charge in [0, 0.05) is 22.7 Å². The first-order valence-corrected chi connectivity index (χ1v) is 5.52. The van der Waals surface area contributed by atoms with Crippen molar-refractivity contribution in [1.82, 2.24) is 9.97 Å². The van der Waals surface area contributed by atoms with Gasteiger partial charge in [-0.25, -0.2) is 4.98 Å². The van der Waals surface area contributed by atoms with E-state index in [1.807, 2.05) is 42.6 Å². The van der Waals surface area contributed by atoms with Crippen molar-refractivity contribution < 1.29 is 0 Å². The lowest BCUT2D eigenvalue weighted by atomic mass is 10.1. The summed E-state index contributed by atoms with van der Waals surface area (Å²) in [5.74, 6) is 0.268. The van der Waals surface area contributed by atoms with Gasteiger partial charge in [-0.15, -0.1) is 0 Å². The van der Waals surface area contributed by atoms with Crippen molar-refractivity contribution in [3.63, 3.8) is 0 Å². The number of rotatable bonds is 1. The van der Waals surface area contributed by atoms with Gasteiger partial charge >= 0.3 is 0 Å². The van der Waals surface area contributed by atoms with Crippen LogP contribution in [0.1, 0.15) is 5.56 Å². The largest absolute Gasteiger partial charge is 0.383 e. The highest BCUT2D eigenvalue weighted by Crippen LogP contribution is 2.24. The Labute approximate surface area is 104 Å². The number of benzene rings is 1. The van der Waals surface area contributed by atoms with E-state index in [2.05, 4.69) is 9.97 Å². The Morgan fingerprint density at radius 1 is 1.17 bits per heavy atom. The lowest BCUT2D eigenvalue weighted by molar-refractivity contribution is 1.31. The molecule has 3 aromatic rings. The van der Waals surface area contributed by atoms with Crippen LogP contribution in [0.4, 0.5) is 5.82 Å². The number of hydrogen-bond donors (Lipinski definition) is 2. The zero-order valence-electron chi connectivity index (χ0n) is 9.51. The maximum Gasteiger partial charge on any atom is 0.142 e. The van der Waals surface area contributed by atoms with Gasteiger partial charge in [-0.05, 0) is 30.3 Å². The van der Waals surface area contributed by atoms with E-state index in [0.717, 1.165) is 22.2 Å². The lowest BCUT2D eigenvalue weighted by Crippen LogP contribution is -1.96. The van der Waals surface area contributed by atoms with Crippen LogP contribution in [0.2, 0.25) is 0 Å². The molecule has 3 rings (SSSR count). The minimum Gasteiger partial charge on any atom is -0.383 e. The normalized spacial score (nSPS) is 10.4.